The smallest absolute Gasteiger partial charge is 0.225 e. The van der Waals surface area contributed by atoms with E-state index in [1.165, 1.54) is 0 Å². The fourth-order valence-electron chi connectivity index (χ4n) is 2.77. The van der Waals surface area contributed by atoms with Crippen LogP contribution in [0.3, 0.4) is 0 Å². The van der Waals surface area contributed by atoms with Crippen LogP contribution in [-0.2, 0) is 4.79 Å². The zero-order valence-electron chi connectivity index (χ0n) is 14.1. The Labute approximate surface area is 125 Å². The van der Waals surface area contributed by atoms with Crippen molar-refractivity contribution in [3.8, 4) is 0 Å². The van der Waals surface area contributed by atoms with E-state index in [-0.39, 0.29) is 5.92 Å². The Morgan fingerprint density at radius 1 is 1.15 bits per heavy atom. The number of piperidine rings is 1. The van der Waals surface area contributed by atoms with Crippen LogP contribution in [0.2, 0.25) is 0 Å². The third-order valence-corrected chi connectivity index (χ3v) is 4.24. The highest BCUT2D eigenvalue weighted by molar-refractivity contribution is 5.79. The Balaban J connectivity index is 2.56. The monoisotopic (exact) mass is 282 g/mol. The lowest BCUT2D eigenvalue weighted by Gasteiger charge is -2.33. The molecule has 3 nitrogen and oxygen atoms in total. The number of nitrogens with zero attached hydrogens (tertiary/aromatic N) is 1. The predicted octanol–water partition coefficient (Wildman–Crippen LogP) is 3.30. The van der Waals surface area contributed by atoms with Crippen LogP contribution in [0.15, 0.2) is 0 Å². The number of hydrogen-bond acceptors (Lipinski definition) is 2. The van der Waals surface area contributed by atoms with Gasteiger partial charge in [-0.1, -0.05) is 27.7 Å². The summed E-state index contributed by atoms with van der Waals surface area (Å²) in [6.45, 7) is 14.0. The van der Waals surface area contributed by atoms with E-state index in [0.717, 1.165) is 45.3 Å². The molecule has 1 heterocycles. The molecule has 2 atom stereocenters. The summed E-state index contributed by atoms with van der Waals surface area (Å²) < 4.78 is 0. The first-order chi connectivity index (χ1) is 9.40. The van der Waals surface area contributed by atoms with Gasteiger partial charge in [0.25, 0.3) is 0 Å². The Morgan fingerprint density at radius 3 is 2.15 bits per heavy atom. The molecule has 0 spiro atoms. The van der Waals surface area contributed by atoms with Gasteiger partial charge in [-0.25, -0.2) is 0 Å². The molecule has 20 heavy (non-hydrogen) atoms. The van der Waals surface area contributed by atoms with Crippen molar-refractivity contribution in [3.05, 3.63) is 0 Å². The lowest BCUT2D eigenvalue weighted by Crippen LogP contribution is -2.45. The summed E-state index contributed by atoms with van der Waals surface area (Å²) in [4.78, 5) is 14.9. The minimum atomic E-state index is 0.241. The van der Waals surface area contributed by atoms with Gasteiger partial charge in [-0.3, -0.25) is 4.79 Å². The van der Waals surface area contributed by atoms with Crippen molar-refractivity contribution < 1.29 is 4.79 Å². The second-order valence-electron chi connectivity index (χ2n) is 7.27. The summed E-state index contributed by atoms with van der Waals surface area (Å²) in [5.74, 6) is 1.97. The lowest BCUT2D eigenvalue weighted by atomic mass is 9.91. The molecule has 0 bridgehead atoms. The summed E-state index contributed by atoms with van der Waals surface area (Å²) in [7, 11) is 0. The van der Waals surface area contributed by atoms with Gasteiger partial charge in [0.1, 0.15) is 0 Å². The second kappa shape index (κ2) is 8.66. The molecular weight excluding hydrogens is 248 g/mol. The van der Waals surface area contributed by atoms with Gasteiger partial charge in [-0.05, 0) is 51.0 Å². The predicted molar refractivity (Wildman–Crippen MR) is 85.7 cm³/mol. The Hall–Kier alpha value is -0.570. The van der Waals surface area contributed by atoms with Crippen LogP contribution in [0.4, 0.5) is 0 Å². The number of hydrogen-bond donors (Lipinski definition) is 1. The number of carbonyl (C=O) groups excluding carboxylic acids is 1. The zero-order chi connectivity index (χ0) is 15.1. The summed E-state index contributed by atoms with van der Waals surface area (Å²) in [6, 6.07) is 0.481. The first-order valence-corrected chi connectivity index (χ1v) is 8.42. The average Bonchev–Trinajstić information content (AvgIpc) is 2.37. The average molecular weight is 282 g/mol. The summed E-state index contributed by atoms with van der Waals surface area (Å²) in [5.41, 5.74) is 0. The topological polar surface area (TPSA) is 32.3 Å². The summed E-state index contributed by atoms with van der Waals surface area (Å²) in [6.07, 6.45) is 4.23. The van der Waals surface area contributed by atoms with E-state index in [4.69, 9.17) is 0 Å². The van der Waals surface area contributed by atoms with Crippen LogP contribution in [0, 0.1) is 17.8 Å². The number of rotatable bonds is 7. The van der Waals surface area contributed by atoms with Gasteiger partial charge >= 0.3 is 0 Å². The Morgan fingerprint density at radius 2 is 1.70 bits per heavy atom. The summed E-state index contributed by atoms with van der Waals surface area (Å²) >= 11 is 0. The maximum absolute atomic E-state index is 12.8. The fourth-order valence-corrected chi connectivity index (χ4v) is 2.77. The van der Waals surface area contributed by atoms with Crippen LogP contribution in [0.25, 0.3) is 0 Å². The number of nitrogens with one attached hydrogen (secondary N) is 1. The van der Waals surface area contributed by atoms with E-state index in [1.807, 2.05) is 0 Å². The van der Waals surface area contributed by atoms with E-state index in [9.17, 15) is 4.79 Å². The first-order valence-electron chi connectivity index (χ1n) is 8.42. The van der Waals surface area contributed by atoms with Crippen molar-refractivity contribution in [2.75, 3.05) is 19.6 Å². The molecule has 1 amide bonds. The van der Waals surface area contributed by atoms with Crippen LogP contribution in [0.1, 0.15) is 60.3 Å². The maximum Gasteiger partial charge on any atom is 0.225 e. The van der Waals surface area contributed by atoms with Crippen molar-refractivity contribution >= 4 is 5.91 Å². The molecule has 0 unspecified atom stereocenters. The molecule has 3 heteroatoms. The van der Waals surface area contributed by atoms with Crippen molar-refractivity contribution in [2.24, 2.45) is 17.8 Å². The van der Waals surface area contributed by atoms with Gasteiger partial charge in [0, 0.05) is 25.0 Å². The molecule has 1 rings (SSSR count). The standard InChI is InChI=1S/C17H34N2O/c1-13(2)7-10-19(11-8-14(3)4)17(20)16-6-9-18-15(5)12-16/h13-16,18H,6-12H2,1-5H3/t15-,16-/m0/s1. The highest BCUT2D eigenvalue weighted by Gasteiger charge is 2.28. The maximum atomic E-state index is 12.8. The molecule has 1 saturated heterocycles. The molecule has 1 aliphatic heterocycles. The fraction of sp³-hybridized carbons (Fsp3) is 0.941. The van der Waals surface area contributed by atoms with E-state index >= 15 is 0 Å². The molecular formula is C17H34N2O. The molecule has 1 fully saturated rings. The van der Waals surface area contributed by atoms with Gasteiger partial charge in [0.2, 0.25) is 5.91 Å². The minimum absolute atomic E-state index is 0.241. The van der Waals surface area contributed by atoms with Crippen LogP contribution in [-0.4, -0.2) is 36.5 Å². The Kier molecular flexibility index (Phi) is 7.57. The third-order valence-electron chi connectivity index (χ3n) is 4.24. The van der Waals surface area contributed by atoms with Gasteiger partial charge in [0.05, 0.1) is 0 Å². The molecule has 0 aromatic rings. The quantitative estimate of drug-likeness (QED) is 0.777. The van der Waals surface area contributed by atoms with Crippen molar-refractivity contribution in [2.45, 2.75) is 66.3 Å². The molecule has 1 N–H and O–H groups in total. The minimum Gasteiger partial charge on any atom is -0.342 e. The van der Waals surface area contributed by atoms with E-state index < -0.39 is 0 Å². The van der Waals surface area contributed by atoms with Crippen LogP contribution in [0.5, 0.6) is 0 Å². The van der Waals surface area contributed by atoms with Crippen molar-refractivity contribution in [3.63, 3.8) is 0 Å². The lowest BCUT2D eigenvalue weighted by molar-refractivity contribution is -0.137. The van der Waals surface area contributed by atoms with Crippen molar-refractivity contribution in [1.82, 2.24) is 10.2 Å². The van der Waals surface area contributed by atoms with E-state index in [1.54, 1.807) is 0 Å². The third kappa shape index (κ3) is 6.25. The largest absolute Gasteiger partial charge is 0.342 e. The van der Waals surface area contributed by atoms with Crippen molar-refractivity contribution in [1.29, 1.82) is 0 Å². The zero-order valence-corrected chi connectivity index (χ0v) is 14.1. The van der Waals surface area contributed by atoms with E-state index in [0.29, 0.717) is 23.8 Å². The van der Waals surface area contributed by atoms with Gasteiger partial charge in [-0.15, -0.1) is 0 Å². The van der Waals surface area contributed by atoms with Gasteiger partial charge in [0.15, 0.2) is 0 Å². The van der Waals surface area contributed by atoms with Gasteiger partial charge in [-0.2, -0.15) is 0 Å². The summed E-state index contributed by atoms with van der Waals surface area (Å²) in [5, 5.41) is 3.44. The second-order valence-corrected chi connectivity index (χ2v) is 7.27. The first kappa shape index (κ1) is 17.5. The molecule has 0 radical (unpaired) electrons. The van der Waals surface area contributed by atoms with Gasteiger partial charge < -0.3 is 10.2 Å². The Bertz CT molecular complexity index is 277. The SMILES string of the molecule is CC(C)CCN(CCC(C)C)C(=O)[C@H]1CCN[C@@H](C)C1. The van der Waals surface area contributed by atoms with Crippen LogP contribution < -0.4 is 5.32 Å². The van der Waals surface area contributed by atoms with Crippen LogP contribution >= 0.6 is 0 Å². The highest BCUT2D eigenvalue weighted by Crippen LogP contribution is 2.20. The molecule has 1 aliphatic rings. The molecule has 0 aliphatic carbocycles. The molecule has 0 aromatic heterocycles. The van der Waals surface area contributed by atoms with E-state index in [2.05, 4.69) is 44.8 Å². The molecule has 0 aromatic carbocycles. The number of carbonyl (C=O) groups is 1. The number of amides is 1. The molecule has 0 saturated carbocycles. The molecule has 118 valence electrons. The normalized spacial score (nSPS) is 23.4. The highest BCUT2D eigenvalue weighted by atomic mass is 16.2.